The molecule has 2 heterocycles. The number of aromatic nitrogens is 2. The standard InChI is InChI=1S/C20H18ClN5S/c21-14-7-5-13(6-8-14)18-12-27-19(25-18)16(11-22)17-9-10-23-20(26-17)24-15-3-1-2-4-15/h5-10,12,15,25H,1-4H2,(H,23,24,26)/b19-16+. The van der Waals surface area contributed by atoms with E-state index in [0.29, 0.717) is 28.3 Å². The number of rotatable bonds is 4. The van der Waals surface area contributed by atoms with Gasteiger partial charge in [-0.05, 0) is 36.6 Å². The largest absolute Gasteiger partial charge is 0.351 e. The Balaban J connectivity index is 1.55. The third kappa shape index (κ3) is 4.10. The minimum absolute atomic E-state index is 0.426. The summed E-state index contributed by atoms with van der Waals surface area (Å²) in [5.74, 6) is 0.585. The Hall–Kier alpha value is -2.49. The lowest BCUT2D eigenvalue weighted by Gasteiger charge is -2.12. The molecule has 1 fully saturated rings. The summed E-state index contributed by atoms with van der Waals surface area (Å²) in [7, 11) is 0. The highest BCUT2D eigenvalue weighted by molar-refractivity contribution is 8.06. The SMILES string of the molecule is N#C/C(=C1/NC(c2ccc(Cl)cc2)=CS1)c1ccnc(NC2CCCC2)n1. The number of halogens is 1. The quantitative estimate of drug-likeness (QED) is 0.708. The van der Waals surface area contributed by atoms with Gasteiger partial charge in [-0.15, -0.1) is 0 Å². The van der Waals surface area contributed by atoms with Crippen molar-refractivity contribution in [3.05, 3.63) is 63.2 Å². The van der Waals surface area contributed by atoms with E-state index < -0.39 is 0 Å². The summed E-state index contributed by atoms with van der Waals surface area (Å²) in [5, 5.41) is 19.9. The highest BCUT2D eigenvalue weighted by Crippen LogP contribution is 2.35. The number of thioether (sulfide) groups is 1. The summed E-state index contributed by atoms with van der Waals surface area (Å²) in [6, 6.07) is 12.1. The molecule has 136 valence electrons. The van der Waals surface area contributed by atoms with Crippen molar-refractivity contribution in [2.24, 2.45) is 0 Å². The minimum atomic E-state index is 0.426. The van der Waals surface area contributed by atoms with Crippen LogP contribution in [0.3, 0.4) is 0 Å². The second-order valence-corrected chi connectivity index (χ2v) is 7.80. The summed E-state index contributed by atoms with van der Waals surface area (Å²) >= 11 is 7.44. The summed E-state index contributed by atoms with van der Waals surface area (Å²) in [5.41, 5.74) is 3.09. The number of hydrogen-bond donors (Lipinski definition) is 2. The van der Waals surface area contributed by atoms with E-state index in [0.717, 1.165) is 29.1 Å². The van der Waals surface area contributed by atoms with Crippen molar-refractivity contribution in [3.8, 4) is 6.07 Å². The average molecular weight is 396 g/mol. The van der Waals surface area contributed by atoms with Crippen LogP contribution in [0.25, 0.3) is 11.3 Å². The molecule has 1 saturated carbocycles. The molecule has 1 aromatic carbocycles. The molecule has 1 aliphatic heterocycles. The number of nitrogens with zero attached hydrogens (tertiary/aromatic N) is 3. The van der Waals surface area contributed by atoms with Crippen molar-refractivity contribution in [3.63, 3.8) is 0 Å². The highest BCUT2D eigenvalue weighted by atomic mass is 35.5. The van der Waals surface area contributed by atoms with E-state index in [-0.39, 0.29) is 0 Å². The van der Waals surface area contributed by atoms with Crippen molar-refractivity contribution in [2.45, 2.75) is 31.7 Å². The molecule has 5 nitrogen and oxygen atoms in total. The first-order chi connectivity index (χ1) is 13.2. The van der Waals surface area contributed by atoms with Crippen LogP contribution in [0.15, 0.2) is 47.0 Å². The Labute approximate surface area is 167 Å². The second kappa shape index (κ2) is 8.03. The summed E-state index contributed by atoms with van der Waals surface area (Å²) in [6.45, 7) is 0. The van der Waals surface area contributed by atoms with Crippen LogP contribution in [0.2, 0.25) is 5.02 Å². The first kappa shape index (κ1) is 17.9. The van der Waals surface area contributed by atoms with Crippen LogP contribution in [0.5, 0.6) is 0 Å². The van der Waals surface area contributed by atoms with Crippen molar-refractivity contribution < 1.29 is 0 Å². The maximum Gasteiger partial charge on any atom is 0.223 e. The summed E-state index contributed by atoms with van der Waals surface area (Å²) in [4.78, 5) is 8.87. The molecule has 0 bridgehead atoms. The maximum absolute atomic E-state index is 9.73. The topological polar surface area (TPSA) is 73.6 Å². The van der Waals surface area contributed by atoms with Gasteiger partial charge in [0, 0.05) is 22.7 Å². The second-order valence-electron chi connectivity index (χ2n) is 6.49. The van der Waals surface area contributed by atoms with Gasteiger partial charge in [0.2, 0.25) is 5.95 Å². The molecule has 2 aromatic rings. The maximum atomic E-state index is 9.73. The van der Waals surface area contributed by atoms with Crippen LogP contribution < -0.4 is 10.6 Å². The zero-order valence-corrected chi connectivity index (χ0v) is 16.1. The molecule has 0 spiro atoms. The Kier molecular flexibility index (Phi) is 5.33. The number of nitrogens with one attached hydrogen (secondary N) is 2. The summed E-state index contributed by atoms with van der Waals surface area (Å²) < 4.78 is 0. The van der Waals surface area contributed by atoms with E-state index >= 15 is 0 Å². The lowest BCUT2D eigenvalue weighted by atomic mass is 10.1. The van der Waals surface area contributed by atoms with Crippen LogP contribution in [-0.2, 0) is 0 Å². The molecule has 0 radical (unpaired) electrons. The van der Waals surface area contributed by atoms with Gasteiger partial charge < -0.3 is 10.6 Å². The monoisotopic (exact) mass is 395 g/mol. The normalized spacial score (nSPS) is 18.6. The van der Waals surface area contributed by atoms with Gasteiger partial charge in [-0.1, -0.05) is 48.3 Å². The highest BCUT2D eigenvalue weighted by Gasteiger charge is 2.20. The number of hydrogen-bond acceptors (Lipinski definition) is 6. The molecule has 4 rings (SSSR count). The number of allylic oxidation sites excluding steroid dienone is 1. The molecule has 0 amide bonds. The van der Waals surface area contributed by atoms with Crippen LogP contribution in [0.4, 0.5) is 5.95 Å². The van der Waals surface area contributed by atoms with Crippen LogP contribution in [-0.4, -0.2) is 16.0 Å². The van der Waals surface area contributed by atoms with Crippen molar-refractivity contribution in [1.82, 2.24) is 15.3 Å². The molecule has 2 N–H and O–H groups in total. The van der Waals surface area contributed by atoms with Crippen LogP contribution in [0.1, 0.15) is 36.9 Å². The third-order valence-corrected chi connectivity index (χ3v) is 5.78. The van der Waals surface area contributed by atoms with Gasteiger partial charge in [-0.3, -0.25) is 0 Å². The van der Waals surface area contributed by atoms with Crippen LogP contribution >= 0.6 is 23.4 Å². The lowest BCUT2D eigenvalue weighted by molar-refractivity contribution is 0.743. The van der Waals surface area contributed by atoms with E-state index in [1.54, 1.807) is 12.3 Å². The van der Waals surface area contributed by atoms with Gasteiger partial charge in [-0.2, -0.15) is 5.26 Å². The predicted molar refractivity (Wildman–Crippen MR) is 111 cm³/mol. The average Bonchev–Trinajstić information content (AvgIpc) is 3.36. The number of nitriles is 1. The third-order valence-electron chi connectivity index (χ3n) is 4.64. The van der Waals surface area contributed by atoms with Gasteiger partial charge in [0.05, 0.1) is 16.4 Å². The summed E-state index contributed by atoms with van der Waals surface area (Å²) in [6.07, 6.45) is 6.47. The smallest absolute Gasteiger partial charge is 0.223 e. The molecular formula is C20H18ClN5S. The van der Waals surface area contributed by atoms with E-state index in [1.165, 1.54) is 24.6 Å². The molecule has 0 saturated heterocycles. The fraction of sp³-hybridized carbons (Fsp3) is 0.250. The Morgan fingerprint density at radius 3 is 2.74 bits per heavy atom. The van der Waals surface area contributed by atoms with E-state index in [1.807, 2.05) is 29.7 Å². The Morgan fingerprint density at radius 1 is 1.22 bits per heavy atom. The molecule has 27 heavy (non-hydrogen) atoms. The van der Waals surface area contributed by atoms with Crippen molar-refractivity contribution in [2.75, 3.05) is 5.32 Å². The molecule has 2 aliphatic rings. The van der Waals surface area contributed by atoms with E-state index in [2.05, 4.69) is 26.7 Å². The van der Waals surface area contributed by atoms with E-state index in [9.17, 15) is 5.26 Å². The van der Waals surface area contributed by atoms with Gasteiger partial charge in [0.25, 0.3) is 0 Å². The van der Waals surface area contributed by atoms with E-state index in [4.69, 9.17) is 11.6 Å². The van der Waals surface area contributed by atoms with Crippen LogP contribution in [0, 0.1) is 11.3 Å². The predicted octanol–water partition coefficient (Wildman–Crippen LogP) is 5.01. The lowest BCUT2D eigenvalue weighted by Crippen LogP contribution is -2.17. The molecule has 1 aromatic heterocycles. The molecule has 1 aliphatic carbocycles. The first-order valence-corrected chi connectivity index (χ1v) is 10.1. The van der Waals surface area contributed by atoms with Crippen molar-refractivity contribution >= 4 is 40.6 Å². The molecule has 0 unspecified atom stereocenters. The number of benzene rings is 1. The van der Waals surface area contributed by atoms with Crippen molar-refractivity contribution in [1.29, 1.82) is 5.26 Å². The molecule has 7 heteroatoms. The first-order valence-electron chi connectivity index (χ1n) is 8.87. The van der Waals surface area contributed by atoms with Gasteiger partial charge in [0.1, 0.15) is 11.6 Å². The fourth-order valence-corrected chi connectivity index (χ4v) is 4.23. The zero-order chi connectivity index (χ0) is 18.6. The Morgan fingerprint density at radius 2 is 2.00 bits per heavy atom. The number of anilines is 1. The van der Waals surface area contributed by atoms with Gasteiger partial charge >= 0.3 is 0 Å². The minimum Gasteiger partial charge on any atom is -0.351 e. The fourth-order valence-electron chi connectivity index (χ4n) is 3.23. The molecular weight excluding hydrogens is 378 g/mol. The van der Waals surface area contributed by atoms with Gasteiger partial charge in [-0.25, -0.2) is 9.97 Å². The molecule has 0 atom stereocenters. The van der Waals surface area contributed by atoms with Gasteiger partial charge in [0.15, 0.2) is 0 Å². The Bertz CT molecular complexity index is 940. The zero-order valence-electron chi connectivity index (χ0n) is 14.6.